The summed E-state index contributed by atoms with van der Waals surface area (Å²) in [6, 6.07) is 13.0. The zero-order chi connectivity index (χ0) is 14.4. The molecule has 1 aliphatic rings. The molecule has 0 aliphatic carbocycles. The SMILES string of the molecule is Cc1cccc2c1ccn2Cc1cc(Br)cc2c1OCC2. The molecule has 3 aromatic rings. The second kappa shape index (κ2) is 4.92. The number of fused-ring (bicyclic) bond motifs is 2. The van der Waals surface area contributed by atoms with Crippen molar-refractivity contribution >= 4 is 26.8 Å². The van der Waals surface area contributed by atoms with Crippen LogP contribution in [0.3, 0.4) is 0 Å². The van der Waals surface area contributed by atoms with Crippen LogP contribution in [0.1, 0.15) is 16.7 Å². The minimum atomic E-state index is 0.796. The Morgan fingerprint density at radius 3 is 3.05 bits per heavy atom. The number of halogens is 1. The van der Waals surface area contributed by atoms with Gasteiger partial charge in [-0.3, -0.25) is 0 Å². The van der Waals surface area contributed by atoms with Crippen LogP contribution in [-0.4, -0.2) is 11.2 Å². The lowest BCUT2D eigenvalue weighted by Gasteiger charge is -2.11. The first-order valence-corrected chi connectivity index (χ1v) is 8.00. The second-order valence-electron chi connectivity index (χ2n) is 5.60. The quantitative estimate of drug-likeness (QED) is 0.659. The van der Waals surface area contributed by atoms with Crippen LogP contribution < -0.4 is 4.74 Å². The van der Waals surface area contributed by atoms with Gasteiger partial charge in [0.1, 0.15) is 5.75 Å². The molecule has 2 aromatic carbocycles. The van der Waals surface area contributed by atoms with Crippen LogP contribution in [-0.2, 0) is 13.0 Å². The van der Waals surface area contributed by atoms with Crippen LogP contribution in [0.25, 0.3) is 10.9 Å². The second-order valence-corrected chi connectivity index (χ2v) is 6.52. The zero-order valence-corrected chi connectivity index (χ0v) is 13.5. The molecule has 0 bridgehead atoms. The first-order chi connectivity index (χ1) is 10.2. The molecule has 0 saturated carbocycles. The average Bonchev–Trinajstić information content (AvgIpc) is 3.07. The van der Waals surface area contributed by atoms with Crippen molar-refractivity contribution in [2.75, 3.05) is 6.61 Å². The van der Waals surface area contributed by atoms with Crippen molar-refractivity contribution in [3.8, 4) is 5.75 Å². The van der Waals surface area contributed by atoms with Gasteiger partial charge in [0, 0.05) is 33.6 Å². The van der Waals surface area contributed by atoms with E-state index in [2.05, 4.69) is 70.0 Å². The first kappa shape index (κ1) is 13.0. The first-order valence-electron chi connectivity index (χ1n) is 7.21. The maximum atomic E-state index is 5.83. The molecule has 0 radical (unpaired) electrons. The largest absolute Gasteiger partial charge is 0.493 e. The Hall–Kier alpha value is -1.74. The predicted octanol–water partition coefficient (Wildman–Crippen LogP) is 4.70. The van der Waals surface area contributed by atoms with Gasteiger partial charge in [-0.15, -0.1) is 0 Å². The number of nitrogens with zero attached hydrogens (tertiary/aromatic N) is 1. The molecule has 0 unspecified atom stereocenters. The minimum absolute atomic E-state index is 0.796. The molecule has 2 heterocycles. The van der Waals surface area contributed by atoms with Crippen molar-refractivity contribution in [2.45, 2.75) is 19.9 Å². The summed E-state index contributed by atoms with van der Waals surface area (Å²) in [5, 5.41) is 1.32. The smallest absolute Gasteiger partial charge is 0.127 e. The van der Waals surface area contributed by atoms with E-state index in [4.69, 9.17) is 4.74 Å². The number of rotatable bonds is 2. The molecule has 2 nitrogen and oxygen atoms in total. The zero-order valence-electron chi connectivity index (χ0n) is 11.9. The fourth-order valence-electron chi connectivity index (χ4n) is 3.16. The highest BCUT2D eigenvalue weighted by Gasteiger charge is 2.18. The third kappa shape index (κ3) is 2.16. The van der Waals surface area contributed by atoms with Crippen molar-refractivity contribution in [2.24, 2.45) is 0 Å². The molecule has 4 rings (SSSR count). The van der Waals surface area contributed by atoms with E-state index in [9.17, 15) is 0 Å². The summed E-state index contributed by atoms with van der Waals surface area (Å²) in [6.07, 6.45) is 3.17. The van der Waals surface area contributed by atoms with Crippen LogP contribution in [0, 0.1) is 6.92 Å². The molecule has 0 amide bonds. The fraction of sp³-hybridized carbons (Fsp3) is 0.222. The summed E-state index contributed by atoms with van der Waals surface area (Å²) >= 11 is 3.62. The van der Waals surface area contributed by atoms with Gasteiger partial charge in [0.15, 0.2) is 0 Å². The van der Waals surface area contributed by atoms with E-state index in [-0.39, 0.29) is 0 Å². The van der Waals surface area contributed by atoms with Crippen molar-refractivity contribution in [3.05, 3.63) is 63.8 Å². The van der Waals surface area contributed by atoms with Crippen LogP contribution >= 0.6 is 15.9 Å². The molecule has 1 aliphatic heterocycles. The highest BCUT2D eigenvalue weighted by molar-refractivity contribution is 9.10. The lowest BCUT2D eigenvalue weighted by molar-refractivity contribution is 0.353. The Morgan fingerprint density at radius 1 is 1.24 bits per heavy atom. The van der Waals surface area contributed by atoms with Crippen molar-refractivity contribution in [1.82, 2.24) is 4.57 Å². The van der Waals surface area contributed by atoms with E-state index in [0.717, 1.165) is 29.8 Å². The molecule has 0 saturated heterocycles. The monoisotopic (exact) mass is 341 g/mol. The third-order valence-electron chi connectivity index (χ3n) is 4.20. The van der Waals surface area contributed by atoms with E-state index in [1.807, 2.05) is 0 Å². The number of hydrogen-bond acceptors (Lipinski definition) is 1. The summed E-state index contributed by atoms with van der Waals surface area (Å²) in [4.78, 5) is 0. The van der Waals surface area contributed by atoms with E-state index in [0.29, 0.717) is 0 Å². The van der Waals surface area contributed by atoms with E-state index >= 15 is 0 Å². The maximum absolute atomic E-state index is 5.83. The van der Waals surface area contributed by atoms with Gasteiger partial charge >= 0.3 is 0 Å². The van der Waals surface area contributed by atoms with Crippen LogP contribution in [0.4, 0.5) is 0 Å². The summed E-state index contributed by atoms with van der Waals surface area (Å²) in [5.41, 5.74) is 5.16. The van der Waals surface area contributed by atoms with Gasteiger partial charge in [-0.1, -0.05) is 28.1 Å². The van der Waals surface area contributed by atoms with Crippen LogP contribution in [0.2, 0.25) is 0 Å². The molecule has 0 fully saturated rings. The topological polar surface area (TPSA) is 14.2 Å². The van der Waals surface area contributed by atoms with Gasteiger partial charge in [0.05, 0.1) is 13.2 Å². The van der Waals surface area contributed by atoms with E-state index in [1.165, 1.54) is 27.6 Å². The average molecular weight is 342 g/mol. The van der Waals surface area contributed by atoms with Crippen molar-refractivity contribution in [3.63, 3.8) is 0 Å². The highest BCUT2D eigenvalue weighted by atomic mass is 79.9. The predicted molar refractivity (Wildman–Crippen MR) is 89.1 cm³/mol. The molecule has 1 aromatic heterocycles. The van der Waals surface area contributed by atoms with Gasteiger partial charge in [-0.2, -0.15) is 0 Å². The van der Waals surface area contributed by atoms with E-state index < -0.39 is 0 Å². The van der Waals surface area contributed by atoms with Crippen LogP contribution in [0.5, 0.6) is 5.75 Å². The molecule has 0 spiro atoms. The molecule has 0 N–H and O–H groups in total. The van der Waals surface area contributed by atoms with Gasteiger partial charge in [0.25, 0.3) is 0 Å². The maximum Gasteiger partial charge on any atom is 0.127 e. The van der Waals surface area contributed by atoms with Crippen molar-refractivity contribution < 1.29 is 4.74 Å². The van der Waals surface area contributed by atoms with E-state index in [1.54, 1.807) is 0 Å². The third-order valence-corrected chi connectivity index (χ3v) is 4.66. The van der Waals surface area contributed by atoms with Gasteiger partial charge < -0.3 is 9.30 Å². The highest BCUT2D eigenvalue weighted by Crippen LogP contribution is 2.34. The summed E-state index contributed by atoms with van der Waals surface area (Å²) in [7, 11) is 0. The molecule has 21 heavy (non-hydrogen) atoms. The summed E-state index contributed by atoms with van der Waals surface area (Å²) in [5.74, 6) is 1.08. The number of benzene rings is 2. The Balaban J connectivity index is 1.81. The number of hydrogen-bond donors (Lipinski definition) is 0. The fourth-order valence-corrected chi connectivity index (χ4v) is 3.71. The normalized spacial score (nSPS) is 13.4. The molecular formula is C18H16BrNO. The number of aryl methyl sites for hydroxylation is 1. The lowest BCUT2D eigenvalue weighted by Crippen LogP contribution is -2.00. The molecule has 106 valence electrons. The van der Waals surface area contributed by atoms with Crippen molar-refractivity contribution in [1.29, 1.82) is 0 Å². The standard InChI is InChI=1S/C18H16BrNO/c1-12-3-2-4-17-16(12)5-7-20(17)11-14-10-15(19)9-13-6-8-21-18(13)14/h2-5,7,9-10H,6,8,11H2,1H3. The molecular weight excluding hydrogens is 326 g/mol. The van der Waals surface area contributed by atoms with Gasteiger partial charge in [-0.05, 0) is 42.3 Å². The Kier molecular flexibility index (Phi) is 3.03. The van der Waals surface area contributed by atoms with Gasteiger partial charge in [-0.25, -0.2) is 0 Å². The van der Waals surface area contributed by atoms with Crippen LogP contribution in [0.15, 0.2) is 47.1 Å². The number of ether oxygens (including phenoxy) is 1. The Bertz CT molecular complexity index is 835. The van der Waals surface area contributed by atoms with Gasteiger partial charge in [0.2, 0.25) is 0 Å². The molecule has 0 atom stereocenters. The summed E-state index contributed by atoms with van der Waals surface area (Å²) in [6.45, 7) is 3.80. The minimum Gasteiger partial charge on any atom is -0.493 e. The molecule has 3 heteroatoms. The Labute approximate surface area is 132 Å². The summed E-state index contributed by atoms with van der Waals surface area (Å²) < 4.78 is 9.27. The number of aromatic nitrogens is 1. The lowest BCUT2D eigenvalue weighted by atomic mass is 10.1. The Morgan fingerprint density at radius 2 is 2.14 bits per heavy atom.